The molecule has 3 N–H and O–H groups in total. The highest BCUT2D eigenvalue weighted by atomic mass is 16.2. The lowest BCUT2D eigenvalue weighted by Crippen LogP contribution is -2.50. The van der Waals surface area contributed by atoms with Crippen molar-refractivity contribution >= 4 is 17.4 Å². The molecule has 168 valence electrons. The molecule has 2 aromatic heterocycles. The van der Waals surface area contributed by atoms with Gasteiger partial charge in [-0.25, -0.2) is 14.5 Å². The van der Waals surface area contributed by atoms with Crippen LogP contribution in [-0.2, 0) is 4.79 Å². The van der Waals surface area contributed by atoms with Crippen molar-refractivity contribution in [2.75, 3.05) is 37.6 Å². The van der Waals surface area contributed by atoms with Crippen molar-refractivity contribution in [2.45, 2.75) is 64.1 Å². The Morgan fingerprint density at radius 2 is 2.13 bits per heavy atom. The Kier molecular flexibility index (Phi) is 5.58. The third-order valence-corrected chi connectivity index (χ3v) is 7.01. The molecular weight excluding hydrogens is 392 g/mol. The summed E-state index contributed by atoms with van der Waals surface area (Å²) in [5.41, 5.74) is 12.3. The zero-order valence-electron chi connectivity index (χ0n) is 18.6. The number of amides is 1. The predicted octanol–water partition coefficient (Wildman–Crippen LogP) is 1.23. The van der Waals surface area contributed by atoms with Crippen LogP contribution in [0.3, 0.4) is 0 Å². The highest BCUT2D eigenvalue weighted by Crippen LogP contribution is 2.33. The smallest absolute Gasteiger partial charge is 0.241 e. The van der Waals surface area contributed by atoms with Crippen LogP contribution in [-0.4, -0.2) is 75.2 Å². The van der Waals surface area contributed by atoms with Gasteiger partial charge < -0.3 is 15.5 Å². The second-order valence-corrected chi connectivity index (χ2v) is 9.16. The summed E-state index contributed by atoms with van der Waals surface area (Å²) < 4.78 is 1.87. The molecule has 3 unspecified atom stereocenters. The third-order valence-electron chi connectivity index (χ3n) is 7.01. The number of carbonyl (C=O) groups excluding carboxylic acids is 1. The van der Waals surface area contributed by atoms with Crippen molar-refractivity contribution in [2.24, 2.45) is 5.73 Å². The zero-order valence-corrected chi connectivity index (χ0v) is 18.6. The fourth-order valence-electron chi connectivity index (χ4n) is 5.38. The van der Waals surface area contributed by atoms with E-state index in [0.29, 0.717) is 0 Å². The number of anilines is 1. The minimum atomic E-state index is -0.0750. The maximum Gasteiger partial charge on any atom is 0.241 e. The number of nitrogens with two attached hydrogens (primary N) is 1. The number of aryl methyl sites for hydroxylation is 1. The number of piperidine rings is 1. The maximum atomic E-state index is 13.5. The average Bonchev–Trinajstić information content (AvgIpc) is 3.51. The van der Waals surface area contributed by atoms with E-state index in [9.17, 15) is 4.79 Å². The monoisotopic (exact) mass is 426 g/mol. The van der Waals surface area contributed by atoms with E-state index in [-0.39, 0.29) is 24.0 Å². The first-order chi connectivity index (χ1) is 15.0. The summed E-state index contributed by atoms with van der Waals surface area (Å²) in [6.45, 7) is 8.45. The zero-order chi connectivity index (χ0) is 21.5. The average molecular weight is 427 g/mol. The van der Waals surface area contributed by atoms with E-state index in [2.05, 4.69) is 46.3 Å². The molecule has 0 radical (unpaired) electrons. The van der Waals surface area contributed by atoms with Crippen LogP contribution in [0.15, 0.2) is 12.3 Å². The minimum Gasteiger partial charge on any atom is -0.355 e. The molecular formula is C22H34N8O. The summed E-state index contributed by atoms with van der Waals surface area (Å²) in [4.78, 5) is 22.7. The van der Waals surface area contributed by atoms with Crippen molar-refractivity contribution < 1.29 is 4.79 Å². The van der Waals surface area contributed by atoms with Gasteiger partial charge >= 0.3 is 0 Å². The molecule has 0 aliphatic carbocycles. The van der Waals surface area contributed by atoms with E-state index in [1.54, 1.807) is 0 Å². The summed E-state index contributed by atoms with van der Waals surface area (Å²) in [6, 6.07) is 2.23. The maximum absolute atomic E-state index is 13.5. The van der Waals surface area contributed by atoms with Gasteiger partial charge in [0.25, 0.3) is 0 Å². The van der Waals surface area contributed by atoms with Crippen LogP contribution < -0.4 is 16.1 Å². The van der Waals surface area contributed by atoms with Crippen LogP contribution in [0.2, 0.25) is 0 Å². The van der Waals surface area contributed by atoms with Crippen LogP contribution in [0.5, 0.6) is 0 Å². The van der Waals surface area contributed by atoms with Gasteiger partial charge in [0.05, 0.1) is 11.7 Å². The number of hydrogen-bond acceptors (Lipinski definition) is 7. The number of rotatable bonds is 4. The number of hydrogen-bond donors (Lipinski definition) is 2. The summed E-state index contributed by atoms with van der Waals surface area (Å²) >= 11 is 0. The molecule has 3 saturated heterocycles. The van der Waals surface area contributed by atoms with E-state index in [0.717, 1.165) is 87.6 Å². The number of nitrogens with zero attached hydrogens (tertiary/aromatic N) is 6. The predicted molar refractivity (Wildman–Crippen MR) is 120 cm³/mol. The normalized spacial score (nSPS) is 27.5. The first kappa shape index (κ1) is 20.7. The van der Waals surface area contributed by atoms with Crippen molar-refractivity contribution in [3.63, 3.8) is 0 Å². The second-order valence-electron chi connectivity index (χ2n) is 9.16. The topological polar surface area (TPSA) is 95.0 Å². The van der Waals surface area contributed by atoms with Crippen molar-refractivity contribution in [3.8, 4) is 0 Å². The Balaban J connectivity index is 1.43. The van der Waals surface area contributed by atoms with Gasteiger partial charge in [-0.3, -0.25) is 10.2 Å². The molecule has 0 bridgehead atoms. The van der Waals surface area contributed by atoms with Gasteiger partial charge in [-0.1, -0.05) is 6.92 Å². The highest BCUT2D eigenvalue weighted by Gasteiger charge is 2.38. The molecule has 1 amide bonds. The summed E-state index contributed by atoms with van der Waals surface area (Å²) in [5.74, 6) is 1.23. The number of nitrogens with one attached hydrogen (secondary N) is 1. The number of likely N-dealkylation sites (tertiary alicyclic amines) is 1. The van der Waals surface area contributed by atoms with E-state index in [1.807, 2.05) is 4.52 Å². The lowest BCUT2D eigenvalue weighted by atomic mass is 9.98. The molecule has 0 aromatic carbocycles. The molecule has 2 aromatic rings. The SMILES string of the molecule is CCN1NCCC1C(=O)N1CCCCC1c1cc2nc(N3CCC(N)C3)c(C)cn2n1. The van der Waals surface area contributed by atoms with E-state index < -0.39 is 0 Å². The van der Waals surface area contributed by atoms with Crippen LogP contribution in [0.25, 0.3) is 5.65 Å². The first-order valence-electron chi connectivity index (χ1n) is 11.7. The Morgan fingerprint density at radius 1 is 1.26 bits per heavy atom. The fraction of sp³-hybridized carbons (Fsp3) is 0.682. The van der Waals surface area contributed by atoms with Crippen molar-refractivity contribution in [3.05, 3.63) is 23.5 Å². The van der Waals surface area contributed by atoms with Crippen LogP contribution >= 0.6 is 0 Å². The molecule has 31 heavy (non-hydrogen) atoms. The number of carbonyl (C=O) groups is 1. The van der Waals surface area contributed by atoms with Crippen molar-refractivity contribution in [1.29, 1.82) is 0 Å². The van der Waals surface area contributed by atoms with Gasteiger partial charge in [0.15, 0.2) is 5.65 Å². The molecule has 3 aliphatic heterocycles. The number of fused-ring (bicyclic) bond motifs is 1. The largest absolute Gasteiger partial charge is 0.355 e. The van der Waals surface area contributed by atoms with Crippen LogP contribution in [0.4, 0.5) is 5.82 Å². The standard InChI is InChI=1S/C22H34N8O/c1-3-29-19(7-9-24-29)22(31)28-10-5-4-6-18(28)17-12-20-25-21(15(2)13-30(20)26-17)27-11-8-16(23)14-27/h12-13,16,18-19,24H,3-11,14,23H2,1-2H3. The lowest BCUT2D eigenvalue weighted by molar-refractivity contribution is -0.140. The molecule has 5 heterocycles. The number of aromatic nitrogens is 3. The minimum absolute atomic E-state index is 0.0196. The summed E-state index contributed by atoms with van der Waals surface area (Å²) in [5, 5.41) is 6.95. The van der Waals surface area contributed by atoms with Gasteiger partial charge in [0.1, 0.15) is 11.9 Å². The lowest BCUT2D eigenvalue weighted by Gasteiger charge is -2.37. The molecule has 5 rings (SSSR count). The second kappa shape index (κ2) is 8.37. The molecule has 3 aliphatic rings. The molecule has 3 atom stereocenters. The van der Waals surface area contributed by atoms with Crippen LogP contribution in [0, 0.1) is 6.92 Å². The van der Waals surface area contributed by atoms with E-state index in [4.69, 9.17) is 15.8 Å². The van der Waals surface area contributed by atoms with Crippen LogP contribution in [0.1, 0.15) is 56.3 Å². The summed E-state index contributed by atoms with van der Waals surface area (Å²) in [7, 11) is 0. The molecule has 0 spiro atoms. The van der Waals surface area contributed by atoms with Gasteiger partial charge in [0.2, 0.25) is 5.91 Å². The van der Waals surface area contributed by atoms with Gasteiger partial charge in [-0.05, 0) is 39.0 Å². The molecule has 3 fully saturated rings. The highest BCUT2D eigenvalue weighted by molar-refractivity contribution is 5.82. The quantitative estimate of drug-likeness (QED) is 0.759. The molecule has 9 heteroatoms. The Bertz CT molecular complexity index is 958. The van der Waals surface area contributed by atoms with Crippen molar-refractivity contribution in [1.82, 2.24) is 29.9 Å². The van der Waals surface area contributed by atoms with Gasteiger partial charge in [0, 0.05) is 56.6 Å². The number of likely N-dealkylation sites (N-methyl/N-ethyl adjacent to an activating group) is 1. The first-order valence-corrected chi connectivity index (χ1v) is 11.7. The Morgan fingerprint density at radius 3 is 2.90 bits per heavy atom. The Labute approximate surface area is 183 Å². The molecule has 9 nitrogen and oxygen atoms in total. The Hall–Kier alpha value is -2.23. The summed E-state index contributed by atoms with van der Waals surface area (Å²) in [6.07, 6.45) is 7.04. The number of hydrazine groups is 1. The third kappa shape index (κ3) is 3.79. The van der Waals surface area contributed by atoms with Gasteiger partial charge in [-0.2, -0.15) is 5.10 Å². The van der Waals surface area contributed by atoms with E-state index >= 15 is 0 Å². The van der Waals surface area contributed by atoms with Gasteiger partial charge in [-0.15, -0.1) is 0 Å². The fourth-order valence-corrected chi connectivity index (χ4v) is 5.38. The van der Waals surface area contributed by atoms with E-state index in [1.165, 1.54) is 0 Å². The molecule has 0 saturated carbocycles.